The maximum absolute atomic E-state index is 13.2. The summed E-state index contributed by atoms with van der Waals surface area (Å²) >= 11 is 6.01. The van der Waals surface area contributed by atoms with Gasteiger partial charge in [0.1, 0.15) is 23.3 Å². The molecule has 3 aromatic rings. The number of nitrogens with two attached hydrogens (primary N) is 1. The van der Waals surface area contributed by atoms with E-state index in [1.807, 2.05) is 24.3 Å². The second kappa shape index (κ2) is 10.5. The van der Waals surface area contributed by atoms with Crippen LogP contribution < -0.4 is 16.4 Å². The van der Waals surface area contributed by atoms with Crippen LogP contribution in [0.3, 0.4) is 0 Å². The molecule has 0 amide bonds. The standard InChI is InChI=1S/C22H23ClFN7/c1-27-22(29-14-15-4-2-5-16(23)12-15)28-11-3-6-20-19(13-25)21(26)31(30-20)18-9-7-17(24)8-10-18/h2,4-5,7-10,12H,3,6,11,14,26H2,1H3,(H2,27,28,29). The Labute approximate surface area is 185 Å². The molecule has 0 bridgehead atoms. The Balaban J connectivity index is 1.55. The molecule has 7 nitrogen and oxygen atoms in total. The lowest BCUT2D eigenvalue weighted by Crippen LogP contribution is -2.37. The summed E-state index contributed by atoms with van der Waals surface area (Å²) in [6.45, 7) is 1.22. The van der Waals surface area contributed by atoms with Crippen LogP contribution in [-0.2, 0) is 13.0 Å². The first-order valence-corrected chi connectivity index (χ1v) is 10.1. The predicted octanol–water partition coefficient (Wildman–Crippen LogP) is 3.42. The first-order valence-electron chi connectivity index (χ1n) is 9.74. The zero-order valence-corrected chi connectivity index (χ0v) is 17.8. The minimum Gasteiger partial charge on any atom is -0.382 e. The summed E-state index contributed by atoms with van der Waals surface area (Å²) in [4.78, 5) is 4.21. The third-order valence-electron chi connectivity index (χ3n) is 4.63. The number of hydrogen-bond acceptors (Lipinski definition) is 4. The topological polar surface area (TPSA) is 104 Å². The second-order valence-electron chi connectivity index (χ2n) is 6.79. The molecule has 0 atom stereocenters. The largest absolute Gasteiger partial charge is 0.382 e. The molecular weight excluding hydrogens is 417 g/mol. The predicted molar refractivity (Wildman–Crippen MR) is 121 cm³/mol. The molecule has 0 radical (unpaired) electrons. The number of anilines is 1. The van der Waals surface area contributed by atoms with Gasteiger partial charge in [-0.3, -0.25) is 4.99 Å². The summed E-state index contributed by atoms with van der Waals surface area (Å²) in [6.07, 6.45) is 1.27. The van der Waals surface area contributed by atoms with Crippen LogP contribution in [-0.4, -0.2) is 29.3 Å². The van der Waals surface area contributed by atoms with Crippen LogP contribution >= 0.6 is 11.6 Å². The summed E-state index contributed by atoms with van der Waals surface area (Å²) in [7, 11) is 1.70. The number of benzene rings is 2. The van der Waals surface area contributed by atoms with Gasteiger partial charge in [-0.25, -0.2) is 9.07 Å². The van der Waals surface area contributed by atoms with Crippen LogP contribution in [0.15, 0.2) is 53.5 Å². The molecule has 0 aliphatic heterocycles. The summed E-state index contributed by atoms with van der Waals surface area (Å²) in [5.41, 5.74) is 8.69. The van der Waals surface area contributed by atoms with Crippen molar-refractivity contribution in [2.24, 2.45) is 4.99 Å². The van der Waals surface area contributed by atoms with Crippen molar-refractivity contribution in [1.82, 2.24) is 20.4 Å². The van der Waals surface area contributed by atoms with Crippen LogP contribution in [0.1, 0.15) is 23.2 Å². The summed E-state index contributed by atoms with van der Waals surface area (Å²) < 4.78 is 14.6. The highest BCUT2D eigenvalue weighted by Gasteiger charge is 2.16. The molecule has 31 heavy (non-hydrogen) atoms. The van der Waals surface area contributed by atoms with E-state index in [-0.39, 0.29) is 11.6 Å². The molecule has 9 heteroatoms. The number of guanidine groups is 1. The van der Waals surface area contributed by atoms with Gasteiger partial charge in [0, 0.05) is 25.2 Å². The monoisotopic (exact) mass is 439 g/mol. The van der Waals surface area contributed by atoms with Crippen molar-refractivity contribution in [2.45, 2.75) is 19.4 Å². The molecule has 0 unspecified atom stereocenters. The molecular formula is C22H23ClFN7. The minimum absolute atomic E-state index is 0.246. The number of nitrogen functional groups attached to an aromatic ring is 1. The van der Waals surface area contributed by atoms with E-state index in [0.717, 1.165) is 5.56 Å². The highest BCUT2D eigenvalue weighted by Crippen LogP contribution is 2.21. The van der Waals surface area contributed by atoms with Gasteiger partial charge in [0.15, 0.2) is 5.96 Å². The van der Waals surface area contributed by atoms with Crippen LogP contribution in [0.5, 0.6) is 0 Å². The second-order valence-corrected chi connectivity index (χ2v) is 7.23. The van der Waals surface area contributed by atoms with Crippen molar-refractivity contribution in [3.8, 4) is 11.8 Å². The SMILES string of the molecule is CN=C(NCCCc1nn(-c2ccc(F)cc2)c(N)c1C#N)NCc1cccc(Cl)c1. The third-order valence-corrected chi connectivity index (χ3v) is 4.87. The molecule has 0 aliphatic carbocycles. The van der Waals surface area contributed by atoms with Gasteiger partial charge < -0.3 is 16.4 Å². The van der Waals surface area contributed by atoms with Gasteiger partial charge >= 0.3 is 0 Å². The van der Waals surface area contributed by atoms with Crippen molar-refractivity contribution in [2.75, 3.05) is 19.3 Å². The molecule has 0 saturated heterocycles. The Kier molecular flexibility index (Phi) is 7.46. The first-order chi connectivity index (χ1) is 15.0. The number of hydrogen-bond donors (Lipinski definition) is 3. The highest BCUT2D eigenvalue weighted by molar-refractivity contribution is 6.30. The summed E-state index contributed by atoms with van der Waals surface area (Å²) in [5, 5.41) is 21.1. The molecule has 0 aliphatic rings. The van der Waals surface area contributed by atoms with Gasteiger partial charge in [0.2, 0.25) is 0 Å². The number of aryl methyl sites for hydroxylation is 1. The Morgan fingerprint density at radius 1 is 1.26 bits per heavy atom. The van der Waals surface area contributed by atoms with Crippen molar-refractivity contribution in [3.05, 3.63) is 76.2 Å². The Morgan fingerprint density at radius 2 is 2.03 bits per heavy atom. The van der Waals surface area contributed by atoms with Crippen LogP contribution in [0.25, 0.3) is 5.69 Å². The molecule has 1 aromatic heterocycles. The zero-order chi connectivity index (χ0) is 22.2. The maximum atomic E-state index is 13.2. The zero-order valence-electron chi connectivity index (χ0n) is 17.1. The number of aromatic nitrogens is 2. The van der Waals surface area contributed by atoms with E-state index in [4.69, 9.17) is 17.3 Å². The number of nitrogens with one attached hydrogen (secondary N) is 2. The maximum Gasteiger partial charge on any atom is 0.191 e. The lowest BCUT2D eigenvalue weighted by atomic mass is 10.1. The van der Waals surface area contributed by atoms with E-state index < -0.39 is 0 Å². The van der Waals surface area contributed by atoms with Crippen molar-refractivity contribution in [3.63, 3.8) is 0 Å². The normalized spacial score (nSPS) is 11.2. The van der Waals surface area contributed by atoms with Gasteiger partial charge in [-0.15, -0.1) is 0 Å². The lowest BCUT2D eigenvalue weighted by Gasteiger charge is -2.12. The Hall–Kier alpha value is -3.57. The fourth-order valence-electron chi connectivity index (χ4n) is 3.07. The molecule has 160 valence electrons. The van der Waals surface area contributed by atoms with Crippen molar-refractivity contribution < 1.29 is 4.39 Å². The van der Waals surface area contributed by atoms with Crippen LogP contribution in [0, 0.1) is 17.1 Å². The molecule has 4 N–H and O–H groups in total. The van der Waals surface area contributed by atoms with E-state index in [1.54, 1.807) is 19.2 Å². The van der Waals surface area contributed by atoms with Gasteiger partial charge in [0.25, 0.3) is 0 Å². The highest BCUT2D eigenvalue weighted by atomic mass is 35.5. The van der Waals surface area contributed by atoms with Crippen molar-refractivity contribution in [1.29, 1.82) is 5.26 Å². The number of nitrogens with zero attached hydrogens (tertiary/aromatic N) is 4. The van der Waals surface area contributed by atoms with Gasteiger partial charge in [0.05, 0.1) is 11.4 Å². The minimum atomic E-state index is -0.348. The number of nitriles is 1. The molecule has 2 aromatic carbocycles. The third kappa shape index (κ3) is 5.74. The van der Waals surface area contributed by atoms with E-state index in [1.165, 1.54) is 16.8 Å². The summed E-state index contributed by atoms with van der Waals surface area (Å²) in [6, 6.07) is 15.5. The van der Waals surface area contributed by atoms with Gasteiger partial charge in [-0.1, -0.05) is 23.7 Å². The average Bonchev–Trinajstić information content (AvgIpc) is 3.09. The fourth-order valence-corrected chi connectivity index (χ4v) is 3.28. The van der Waals surface area contributed by atoms with E-state index in [9.17, 15) is 9.65 Å². The Bertz CT molecular complexity index is 1100. The molecule has 0 spiro atoms. The molecule has 0 saturated carbocycles. The molecule has 1 heterocycles. The molecule has 3 rings (SSSR count). The molecule has 0 fully saturated rings. The van der Waals surface area contributed by atoms with E-state index in [2.05, 4.69) is 26.8 Å². The fraction of sp³-hybridized carbons (Fsp3) is 0.227. The van der Waals surface area contributed by atoms with Gasteiger partial charge in [-0.05, 0) is 54.8 Å². The smallest absolute Gasteiger partial charge is 0.191 e. The number of rotatable bonds is 7. The van der Waals surface area contributed by atoms with E-state index >= 15 is 0 Å². The van der Waals surface area contributed by atoms with Gasteiger partial charge in [-0.2, -0.15) is 10.4 Å². The van der Waals surface area contributed by atoms with Crippen LogP contribution in [0.2, 0.25) is 5.02 Å². The quantitative estimate of drug-likeness (QED) is 0.297. The first kappa shape index (κ1) is 22.1. The van der Waals surface area contributed by atoms with E-state index in [0.29, 0.717) is 53.9 Å². The summed E-state index contributed by atoms with van der Waals surface area (Å²) in [5.74, 6) is 0.562. The lowest BCUT2D eigenvalue weighted by molar-refractivity contribution is 0.627. The number of aliphatic imine (C=N–C) groups is 1. The van der Waals surface area contributed by atoms with Crippen LogP contribution in [0.4, 0.5) is 10.2 Å². The van der Waals surface area contributed by atoms with Crippen molar-refractivity contribution >= 4 is 23.4 Å². The average molecular weight is 440 g/mol. The Morgan fingerprint density at radius 3 is 2.71 bits per heavy atom. The number of halogens is 2.